The smallest absolute Gasteiger partial charge is 0.411 e. The Balaban J connectivity index is 1.40. The number of nitrogens with one attached hydrogen (secondary N) is 2. The van der Waals surface area contributed by atoms with Crippen molar-refractivity contribution in [3.8, 4) is 16.8 Å². The lowest BCUT2D eigenvalue weighted by molar-refractivity contribution is 0.0702. The number of fused-ring (bicyclic) bond motifs is 3. The van der Waals surface area contributed by atoms with Crippen LogP contribution in [0.3, 0.4) is 0 Å². The number of thiophene rings is 1. The summed E-state index contributed by atoms with van der Waals surface area (Å²) in [7, 11) is 0. The van der Waals surface area contributed by atoms with Crippen molar-refractivity contribution in [3.05, 3.63) is 103 Å². The molecule has 5 rings (SSSR count). The van der Waals surface area contributed by atoms with Crippen molar-refractivity contribution in [3.63, 3.8) is 0 Å². The molecular weight excluding hydrogens is 458 g/mol. The third kappa shape index (κ3) is 3.69. The molecule has 4 aromatic rings. The van der Waals surface area contributed by atoms with Gasteiger partial charge >= 0.3 is 17.8 Å². The van der Waals surface area contributed by atoms with Crippen LogP contribution in [0.4, 0.5) is 10.5 Å². The molecule has 0 fully saturated rings. The zero-order chi connectivity index (χ0) is 23.8. The molecule has 2 aromatic heterocycles. The summed E-state index contributed by atoms with van der Waals surface area (Å²) in [5.41, 5.74) is 2.86. The fourth-order valence-corrected chi connectivity index (χ4v) is 5.00. The molecule has 2 heterocycles. The average Bonchev–Trinajstić information content (AvgIpc) is 3.37. The number of carbonyl (C=O) groups is 2. The van der Waals surface area contributed by atoms with Gasteiger partial charge in [0.1, 0.15) is 11.5 Å². The fraction of sp³-hybridized carbons (Fsp3) is 0.0833. The molecule has 0 bridgehead atoms. The third-order valence-corrected chi connectivity index (χ3v) is 6.56. The number of carboxylic acid groups (broad SMARTS) is 1. The van der Waals surface area contributed by atoms with E-state index >= 15 is 0 Å². The molecule has 0 unspecified atom stereocenters. The zero-order valence-corrected chi connectivity index (χ0v) is 18.3. The predicted octanol–water partition coefficient (Wildman–Crippen LogP) is 3.65. The number of aromatic amines is 1. The number of benzene rings is 2. The summed E-state index contributed by atoms with van der Waals surface area (Å²) in [4.78, 5) is 49.9. The number of carboxylic acids is 1. The van der Waals surface area contributed by atoms with Crippen LogP contribution < -0.4 is 16.6 Å². The minimum atomic E-state index is -1.28. The summed E-state index contributed by atoms with van der Waals surface area (Å²) in [5, 5.41) is 13.5. The third-order valence-electron chi connectivity index (χ3n) is 5.60. The average molecular weight is 475 g/mol. The Morgan fingerprint density at radius 3 is 2.29 bits per heavy atom. The van der Waals surface area contributed by atoms with Gasteiger partial charge in [-0.1, -0.05) is 48.5 Å². The highest BCUT2D eigenvalue weighted by molar-refractivity contribution is 7.13. The summed E-state index contributed by atoms with van der Waals surface area (Å²) >= 11 is 0.837. The second-order valence-electron chi connectivity index (χ2n) is 7.56. The van der Waals surface area contributed by atoms with Crippen LogP contribution in [-0.4, -0.2) is 33.3 Å². The number of aromatic nitrogens is 2. The number of carbonyl (C=O) groups excluding carboxylic acids is 1. The first-order valence-electron chi connectivity index (χ1n) is 10.2. The van der Waals surface area contributed by atoms with E-state index in [1.165, 1.54) is 5.38 Å². The van der Waals surface area contributed by atoms with Crippen LogP contribution in [0.25, 0.3) is 16.8 Å². The van der Waals surface area contributed by atoms with Crippen LogP contribution in [0.15, 0.2) is 75.8 Å². The lowest BCUT2D eigenvalue weighted by Crippen LogP contribution is -2.29. The van der Waals surface area contributed by atoms with Crippen LogP contribution >= 0.6 is 11.3 Å². The van der Waals surface area contributed by atoms with Gasteiger partial charge in [0.15, 0.2) is 0 Å². The Bertz CT molecular complexity index is 1510. The quantitative estimate of drug-likeness (QED) is 0.404. The highest BCUT2D eigenvalue weighted by atomic mass is 32.1. The van der Waals surface area contributed by atoms with E-state index in [2.05, 4.69) is 10.3 Å². The largest absolute Gasteiger partial charge is 0.477 e. The van der Waals surface area contributed by atoms with Gasteiger partial charge in [0.25, 0.3) is 5.56 Å². The highest BCUT2D eigenvalue weighted by Gasteiger charge is 2.29. The maximum Gasteiger partial charge on any atom is 0.411 e. The highest BCUT2D eigenvalue weighted by Crippen LogP contribution is 2.44. The van der Waals surface area contributed by atoms with Gasteiger partial charge < -0.3 is 9.84 Å². The predicted molar refractivity (Wildman–Crippen MR) is 126 cm³/mol. The molecule has 10 heteroatoms. The fourth-order valence-electron chi connectivity index (χ4n) is 4.17. The van der Waals surface area contributed by atoms with Gasteiger partial charge in [-0.15, -0.1) is 11.3 Å². The molecule has 1 aliphatic carbocycles. The van der Waals surface area contributed by atoms with Crippen molar-refractivity contribution in [1.29, 1.82) is 0 Å². The van der Waals surface area contributed by atoms with E-state index in [0.717, 1.165) is 50.4 Å². The molecule has 3 N–H and O–H groups in total. The molecule has 170 valence electrons. The number of aromatic carboxylic acids is 1. The van der Waals surface area contributed by atoms with E-state index in [1.54, 1.807) is 0 Å². The van der Waals surface area contributed by atoms with Gasteiger partial charge in [-0.2, -0.15) is 0 Å². The Morgan fingerprint density at radius 1 is 1.03 bits per heavy atom. The van der Waals surface area contributed by atoms with Crippen LogP contribution in [0.1, 0.15) is 26.7 Å². The monoisotopic (exact) mass is 475 g/mol. The summed E-state index contributed by atoms with van der Waals surface area (Å²) in [5.74, 6) is -1.42. The van der Waals surface area contributed by atoms with E-state index in [4.69, 9.17) is 4.74 Å². The van der Waals surface area contributed by atoms with Gasteiger partial charge in [-0.3, -0.25) is 19.7 Å². The van der Waals surface area contributed by atoms with E-state index in [9.17, 15) is 24.3 Å². The summed E-state index contributed by atoms with van der Waals surface area (Å²) in [6, 6.07) is 16.9. The SMILES string of the molecule is O=C(Nc1csc(C(=O)O)c1-n1ccc(=O)[nH]c1=O)OCC1c2ccccc2-c2ccccc21. The van der Waals surface area contributed by atoms with Gasteiger partial charge in [0, 0.05) is 23.6 Å². The summed E-state index contributed by atoms with van der Waals surface area (Å²) in [6.45, 7) is 0.0731. The number of H-pyrrole nitrogens is 1. The van der Waals surface area contributed by atoms with Crippen LogP contribution in [0.5, 0.6) is 0 Å². The molecule has 0 saturated heterocycles. The summed E-state index contributed by atoms with van der Waals surface area (Å²) in [6.07, 6.45) is 0.355. The maximum atomic E-state index is 12.7. The van der Waals surface area contributed by atoms with Crippen molar-refractivity contribution in [2.45, 2.75) is 5.92 Å². The number of amides is 1. The molecule has 34 heavy (non-hydrogen) atoms. The number of anilines is 1. The molecule has 9 nitrogen and oxygen atoms in total. The molecule has 1 amide bonds. The Kier molecular flexibility index (Phi) is 5.34. The van der Waals surface area contributed by atoms with Crippen LogP contribution in [0, 0.1) is 0 Å². The van der Waals surface area contributed by atoms with Crippen LogP contribution in [0.2, 0.25) is 0 Å². The van der Waals surface area contributed by atoms with Gasteiger partial charge in [-0.05, 0) is 22.3 Å². The Morgan fingerprint density at radius 2 is 1.68 bits per heavy atom. The molecule has 0 atom stereocenters. The lowest BCUT2D eigenvalue weighted by Gasteiger charge is -2.15. The molecule has 0 saturated carbocycles. The van der Waals surface area contributed by atoms with Crippen molar-refractivity contribution in [2.75, 3.05) is 11.9 Å². The summed E-state index contributed by atoms with van der Waals surface area (Å²) < 4.78 is 6.47. The van der Waals surface area contributed by atoms with E-state index in [1.807, 2.05) is 48.5 Å². The molecule has 0 radical (unpaired) electrons. The molecule has 0 aliphatic heterocycles. The normalized spacial score (nSPS) is 12.1. The second-order valence-corrected chi connectivity index (χ2v) is 8.44. The second kappa shape index (κ2) is 8.49. The van der Waals surface area contributed by atoms with E-state index < -0.39 is 23.3 Å². The maximum absolute atomic E-state index is 12.7. The first-order chi connectivity index (χ1) is 16.4. The number of hydrogen-bond donors (Lipinski definition) is 3. The zero-order valence-electron chi connectivity index (χ0n) is 17.5. The van der Waals surface area contributed by atoms with Crippen molar-refractivity contribution in [2.24, 2.45) is 0 Å². The Hall–Kier alpha value is -4.44. The van der Waals surface area contributed by atoms with Gasteiger partial charge in [0.05, 0.1) is 11.4 Å². The van der Waals surface area contributed by atoms with Crippen molar-refractivity contribution >= 4 is 29.1 Å². The van der Waals surface area contributed by atoms with Crippen LogP contribution in [-0.2, 0) is 4.74 Å². The molecule has 1 aliphatic rings. The Labute approximate surface area is 195 Å². The minimum absolute atomic E-state index is 0.0627. The van der Waals surface area contributed by atoms with E-state index in [-0.39, 0.29) is 28.8 Å². The molecule has 0 spiro atoms. The molecule has 2 aromatic carbocycles. The first-order valence-corrected chi connectivity index (χ1v) is 11.1. The van der Waals surface area contributed by atoms with Crippen molar-refractivity contribution in [1.82, 2.24) is 9.55 Å². The van der Waals surface area contributed by atoms with Gasteiger partial charge in [0.2, 0.25) is 0 Å². The lowest BCUT2D eigenvalue weighted by atomic mass is 9.98. The van der Waals surface area contributed by atoms with E-state index in [0.29, 0.717) is 0 Å². The number of nitrogens with zero attached hydrogens (tertiary/aromatic N) is 1. The number of ether oxygens (including phenoxy) is 1. The number of rotatable bonds is 5. The minimum Gasteiger partial charge on any atom is -0.477 e. The standard InChI is InChI=1S/C24H17N3O6S/c28-19-9-10-27(23(31)26-19)20-18(12-34-21(20)22(29)30)25-24(32)33-11-17-15-7-3-1-5-13(15)14-6-2-4-8-16(14)17/h1-10,12,17H,11H2,(H,25,32)(H,29,30)(H,26,28,31). The number of hydrogen-bond acceptors (Lipinski definition) is 6. The molecular formula is C24H17N3O6S. The van der Waals surface area contributed by atoms with Crippen molar-refractivity contribution < 1.29 is 19.4 Å². The van der Waals surface area contributed by atoms with Gasteiger partial charge in [-0.25, -0.2) is 14.4 Å². The topological polar surface area (TPSA) is 130 Å². The first kappa shape index (κ1) is 21.4.